The van der Waals surface area contributed by atoms with Crippen LogP contribution in [0.1, 0.15) is 35.8 Å². The fourth-order valence-corrected chi connectivity index (χ4v) is 3.99. The molecule has 1 atom stereocenters. The standard InChI is InChI=1S/C26H23FN6O3/c1-4-36-25(34)19-13-28-32(15-19)26-30-22-14-29-33(23(22)24(31-26)35-3)16(2)17-9-11-18(12-10-17)20-7-5-6-8-21(20)27/h5-16H,4H2,1-3H3/t16-/m0/s1. The van der Waals surface area contributed by atoms with Crippen molar-refractivity contribution in [3.8, 4) is 23.0 Å². The second-order valence-electron chi connectivity index (χ2n) is 8.03. The van der Waals surface area contributed by atoms with Crippen LogP contribution in [-0.2, 0) is 4.74 Å². The fourth-order valence-electron chi connectivity index (χ4n) is 3.99. The highest BCUT2D eigenvalue weighted by atomic mass is 19.1. The van der Waals surface area contributed by atoms with Gasteiger partial charge in [-0.15, -0.1) is 0 Å². The molecule has 0 aliphatic carbocycles. The molecule has 0 N–H and O–H groups in total. The van der Waals surface area contributed by atoms with Crippen LogP contribution in [-0.4, -0.2) is 49.2 Å². The predicted octanol–water partition coefficient (Wildman–Crippen LogP) is 4.61. The third-order valence-corrected chi connectivity index (χ3v) is 5.84. The summed E-state index contributed by atoms with van der Waals surface area (Å²) in [6.45, 7) is 4.00. The Balaban J connectivity index is 1.48. The zero-order valence-electron chi connectivity index (χ0n) is 19.9. The van der Waals surface area contributed by atoms with Crippen LogP contribution in [0.25, 0.3) is 28.1 Å². The van der Waals surface area contributed by atoms with Crippen LogP contribution < -0.4 is 4.74 Å². The third kappa shape index (κ3) is 4.17. The third-order valence-electron chi connectivity index (χ3n) is 5.84. The Morgan fingerprint density at radius 3 is 2.56 bits per heavy atom. The summed E-state index contributed by atoms with van der Waals surface area (Å²) in [7, 11) is 1.52. The molecule has 3 heterocycles. The predicted molar refractivity (Wildman–Crippen MR) is 131 cm³/mol. The summed E-state index contributed by atoms with van der Waals surface area (Å²) in [4.78, 5) is 21.0. The lowest BCUT2D eigenvalue weighted by atomic mass is 10.0. The number of carbonyl (C=O) groups is 1. The molecule has 0 fully saturated rings. The van der Waals surface area contributed by atoms with Gasteiger partial charge in [-0.1, -0.05) is 42.5 Å². The molecule has 182 valence electrons. The Morgan fingerprint density at radius 1 is 1.06 bits per heavy atom. The summed E-state index contributed by atoms with van der Waals surface area (Å²) >= 11 is 0. The van der Waals surface area contributed by atoms with Crippen molar-refractivity contribution in [3.63, 3.8) is 0 Å². The van der Waals surface area contributed by atoms with Crippen LogP contribution in [0.5, 0.6) is 5.88 Å². The van der Waals surface area contributed by atoms with E-state index in [1.165, 1.54) is 30.3 Å². The average Bonchev–Trinajstić information content (AvgIpc) is 3.56. The number of aromatic nitrogens is 6. The molecule has 2 aromatic carbocycles. The van der Waals surface area contributed by atoms with E-state index in [9.17, 15) is 9.18 Å². The van der Waals surface area contributed by atoms with Crippen LogP contribution in [0.3, 0.4) is 0 Å². The first-order chi connectivity index (χ1) is 17.5. The Bertz CT molecular complexity index is 1540. The normalized spacial score (nSPS) is 12.0. The van der Waals surface area contributed by atoms with E-state index in [2.05, 4.69) is 20.2 Å². The molecule has 9 nitrogen and oxygen atoms in total. The first kappa shape index (κ1) is 23.2. The van der Waals surface area contributed by atoms with E-state index < -0.39 is 5.97 Å². The maximum Gasteiger partial charge on any atom is 0.341 e. The monoisotopic (exact) mass is 486 g/mol. The van der Waals surface area contributed by atoms with Crippen molar-refractivity contribution in [3.05, 3.63) is 84.1 Å². The number of ether oxygens (including phenoxy) is 2. The smallest absolute Gasteiger partial charge is 0.341 e. The molecule has 0 amide bonds. The van der Waals surface area contributed by atoms with Crippen LogP contribution >= 0.6 is 0 Å². The van der Waals surface area contributed by atoms with Gasteiger partial charge in [0, 0.05) is 11.8 Å². The second-order valence-corrected chi connectivity index (χ2v) is 8.03. The van der Waals surface area contributed by atoms with E-state index in [0.29, 0.717) is 28.0 Å². The van der Waals surface area contributed by atoms with Crippen molar-refractivity contribution >= 4 is 17.0 Å². The molecule has 0 bridgehead atoms. The molecule has 5 rings (SSSR count). The molecule has 0 aliphatic rings. The average molecular weight is 487 g/mol. The molecule has 0 saturated heterocycles. The molecule has 0 radical (unpaired) electrons. The second kappa shape index (κ2) is 9.57. The van der Waals surface area contributed by atoms with Gasteiger partial charge in [-0.05, 0) is 31.0 Å². The zero-order chi connectivity index (χ0) is 25.2. The van der Waals surface area contributed by atoms with Crippen molar-refractivity contribution in [2.24, 2.45) is 0 Å². The molecule has 0 spiro atoms. The Morgan fingerprint density at radius 2 is 1.83 bits per heavy atom. The molecule has 10 heteroatoms. The number of carbonyl (C=O) groups excluding carboxylic acids is 1. The van der Waals surface area contributed by atoms with Gasteiger partial charge in [-0.25, -0.2) is 18.9 Å². The minimum Gasteiger partial charge on any atom is -0.479 e. The molecule has 0 unspecified atom stereocenters. The van der Waals surface area contributed by atoms with Crippen molar-refractivity contribution in [1.29, 1.82) is 0 Å². The lowest BCUT2D eigenvalue weighted by Gasteiger charge is -2.16. The number of hydrogen-bond donors (Lipinski definition) is 0. The Labute approximate surface area is 206 Å². The van der Waals surface area contributed by atoms with Crippen molar-refractivity contribution in [2.75, 3.05) is 13.7 Å². The first-order valence-corrected chi connectivity index (χ1v) is 11.4. The first-order valence-electron chi connectivity index (χ1n) is 11.4. The van der Waals surface area contributed by atoms with Crippen molar-refractivity contribution in [2.45, 2.75) is 19.9 Å². The topological polar surface area (TPSA) is 97.0 Å². The van der Waals surface area contributed by atoms with Gasteiger partial charge in [0.25, 0.3) is 5.95 Å². The summed E-state index contributed by atoms with van der Waals surface area (Å²) in [6, 6.07) is 14.2. The highest BCUT2D eigenvalue weighted by molar-refractivity contribution is 5.88. The molecule has 3 aromatic heterocycles. The van der Waals surface area contributed by atoms with Gasteiger partial charge in [0.05, 0.1) is 37.7 Å². The highest BCUT2D eigenvalue weighted by Crippen LogP contribution is 2.30. The van der Waals surface area contributed by atoms with E-state index >= 15 is 0 Å². The molecular formula is C26H23FN6O3. The summed E-state index contributed by atoms with van der Waals surface area (Å²) in [5, 5.41) is 8.72. The number of benzene rings is 2. The van der Waals surface area contributed by atoms with Gasteiger partial charge < -0.3 is 9.47 Å². The van der Waals surface area contributed by atoms with Gasteiger partial charge in [-0.3, -0.25) is 4.68 Å². The van der Waals surface area contributed by atoms with Crippen molar-refractivity contribution in [1.82, 2.24) is 29.5 Å². The maximum atomic E-state index is 14.2. The van der Waals surface area contributed by atoms with E-state index in [1.54, 1.807) is 29.9 Å². The van der Waals surface area contributed by atoms with E-state index in [4.69, 9.17) is 9.47 Å². The summed E-state index contributed by atoms with van der Waals surface area (Å²) in [6.07, 6.45) is 4.53. The van der Waals surface area contributed by atoms with Gasteiger partial charge in [0.15, 0.2) is 0 Å². The molecular weight excluding hydrogens is 463 g/mol. The highest BCUT2D eigenvalue weighted by Gasteiger charge is 2.20. The number of methoxy groups -OCH3 is 1. The minimum atomic E-state index is -0.473. The summed E-state index contributed by atoms with van der Waals surface area (Å²) < 4.78 is 27.9. The largest absolute Gasteiger partial charge is 0.479 e. The van der Waals surface area contributed by atoms with Gasteiger partial charge in [0.1, 0.15) is 16.9 Å². The van der Waals surface area contributed by atoms with E-state index in [1.807, 2.05) is 37.3 Å². The van der Waals surface area contributed by atoms with Gasteiger partial charge in [-0.2, -0.15) is 15.2 Å². The minimum absolute atomic E-state index is 0.180. The van der Waals surface area contributed by atoms with Crippen LogP contribution in [0.4, 0.5) is 4.39 Å². The fraction of sp³-hybridized carbons (Fsp3) is 0.192. The molecule has 5 aromatic rings. The number of nitrogens with zero attached hydrogens (tertiary/aromatic N) is 6. The van der Waals surface area contributed by atoms with E-state index in [0.717, 1.165) is 11.1 Å². The number of rotatable bonds is 7. The van der Waals surface area contributed by atoms with Crippen molar-refractivity contribution < 1.29 is 18.7 Å². The number of halogens is 1. The lowest BCUT2D eigenvalue weighted by Crippen LogP contribution is -2.11. The summed E-state index contributed by atoms with van der Waals surface area (Å²) in [5.74, 6) is -0.188. The number of esters is 1. The quantitative estimate of drug-likeness (QED) is 0.310. The number of fused-ring (bicyclic) bond motifs is 1. The zero-order valence-corrected chi connectivity index (χ0v) is 19.9. The van der Waals surface area contributed by atoms with Gasteiger partial charge >= 0.3 is 5.97 Å². The Hall–Kier alpha value is -4.60. The molecule has 0 saturated carbocycles. The van der Waals surface area contributed by atoms with Crippen LogP contribution in [0.2, 0.25) is 0 Å². The summed E-state index contributed by atoms with van der Waals surface area (Å²) in [5.41, 5.74) is 3.78. The van der Waals surface area contributed by atoms with E-state index in [-0.39, 0.29) is 24.4 Å². The SMILES string of the molecule is CCOC(=O)c1cnn(-c2nc(OC)c3c(cnn3[C@@H](C)c3ccc(-c4ccccc4F)cc3)n2)c1. The van der Waals surface area contributed by atoms with Crippen LogP contribution in [0.15, 0.2) is 67.1 Å². The maximum absolute atomic E-state index is 14.2. The Kier molecular flexibility index (Phi) is 6.16. The van der Waals surface area contributed by atoms with Crippen LogP contribution in [0, 0.1) is 5.82 Å². The molecule has 0 aliphatic heterocycles. The number of hydrogen-bond acceptors (Lipinski definition) is 7. The van der Waals surface area contributed by atoms with Gasteiger partial charge in [0.2, 0.25) is 5.88 Å². The lowest BCUT2D eigenvalue weighted by molar-refractivity contribution is 0.0526. The molecule has 36 heavy (non-hydrogen) atoms.